The first-order valence-corrected chi connectivity index (χ1v) is 11.5. The third-order valence-electron chi connectivity index (χ3n) is 6.73. The van der Waals surface area contributed by atoms with Crippen LogP contribution in [0.25, 0.3) is 0 Å². The van der Waals surface area contributed by atoms with Gasteiger partial charge in [0.2, 0.25) is 11.8 Å². The average Bonchev–Trinajstić information content (AvgIpc) is 3.23. The molecule has 0 bridgehead atoms. The molecular weight excluding hydrogens is 418 g/mol. The zero-order chi connectivity index (χ0) is 23.4. The smallest absolute Gasteiger partial charge is 0.228 e. The molecule has 0 spiro atoms. The van der Waals surface area contributed by atoms with Gasteiger partial charge in [-0.25, -0.2) is 0 Å². The Kier molecular flexibility index (Phi) is 7.18. The van der Waals surface area contributed by atoms with Crippen LogP contribution in [-0.4, -0.2) is 80.5 Å². The van der Waals surface area contributed by atoms with Gasteiger partial charge in [-0.1, -0.05) is 36.4 Å². The second-order valence-corrected chi connectivity index (χ2v) is 8.90. The second-order valence-electron chi connectivity index (χ2n) is 8.90. The van der Waals surface area contributed by atoms with Gasteiger partial charge in [0.05, 0.1) is 26.2 Å². The summed E-state index contributed by atoms with van der Waals surface area (Å²) in [5, 5.41) is 0. The lowest BCUT2D eigenvalue weighted by molar-refractivity contribution is -0.140. The zero-order valence-electron chi connectivity index (χ0n) is 19.7. The van der Waals surface area contributed by atoms with Crippen molar-refractivity contribution in [3.63, 3.8) is 0 Å². The highest BCUT2D eigenvalue weighted by atomic mass is 16.5. The summed E-state index contributed by atoms with van der Waals surface area (Å²) in [6, 6.07) is 16.0. The van der Waals surface area contributed by atoms with Crippen molar-refractivity contribution >= 4 is 11.8 Å². The molecule has 2 aliphatic rings. The van der Waals surface area contributed by atoms with E-state index in [1.54, 1.807) is 14.2 Å². The summed E-state index contributed by atoms with van der Waals surface area (Å²) in [6.45, 7) is 3.41. The third kappa shape index (κ3) is 5.14. The molecule has 2 atom stereocenters. The first kappa shape index (κ1) is 23.1. The molecule has 0 aliphatic carbocycles. The van der Waals surface area contributed by atoms with Crippen molar-refractivity contribution in [2.75, 3.05) is 54.0 Å². The molecule has 2 aliphatic heterocycles. The molecule has 0 saturated carbocycles. The molecule has 7 nitrogen and oxygen atoms in total. The van der Waals surface area contributed by atoms with Gasteiger partial charge in [-0.2, -0.15) is 0 Å². The monoisotopic (exact) mass is 451 g/mol. The van der Waals surface area contributed by atoms with Gasteiger partial charge < -0.3 is 24.2 Å². The van der Waals surface area contributed by atoms with Crippen molar-refractivity contribution in [1.82, 2.24) is 14.7 Å². The predicted octanol–water partition coefficient (Wildman–Crippen LogP) is 2.61. The highest BCUT2D eigenvalue weighted by Crippen LogP contribution is 2.30. The van der Waals surface area contributed by atoms with Gasteiger partial charge in [0, 0.05) is 39.1 Å². The Hall–Kier alpha value is -3.06. The fraction of sp³-hybridized carbons (Fsp3) is 0.462. The number of carbonyl (C=O) groups excluding carboxylic acids is 2. The van der Waals surface area contributed by atoms with Crippen LogP contribution in [0.1, 0.15) is 23.6 Å². The minimum Gasteiger partial charge on any atom is -0.493 e. The Labute approximate surface area is 195 Å². The van der Waals surface area contributed by atoms with Crippen LogP contribution < -0.4 is 9.47 Å². The van der Waals surface area contributed by atoms with Gasteiger partial charge in [0.15, 0.2) is 11.5 Å². The average molecular weight is 452 g/mol. The summed E-state index contributed by atoms with van der Waals surface area (Å²) in [5.74, 6) is 1.23. The number of ether oxygens (including phenoxy) is 2. The number of likely N-dealkylation sites (tertiary alicyclic amines) is 1. The van der Waals surface area contributed by atoms with E-state index in [4.69, 9.17) is 9.47 Å². The van der Waals surface area contributed by atoms with Crippen LogP contribution in [0, 0.1) is 5.92 Å². The third-order valence-corrected chi connectivity index (χ3v) is 6.73. The maximum absolute atomic E-state index is 13.5. The molecular formula is C26H33N3O4. The minimum atomic E-state index is -0.280. The molecule has 7 heteroatoms. The standard InChI is InChI=1S/C26H33N3O4/c1-27-13-14-29(22(18-27)20-7-5-4-6-8-20)26(31)21-16-25(30)28(17-21)12-11-19-9-10-23(32-2)24(15-19)33-3/h4-10,15,21-22H,11-14,16-18H2,1-3H3. The van der Waals surface area contributed by atoms with E-state index in [9.17, 15) is 9.59 Å². The number of carbonyl (C=O) groups is 2. The van der Waals surface area contributed by atoms with Crippen molar-refractivity contribution in [3.05, 3.63) is 59.7 Å². The Balaban J connectivity index is 1.40. The lowest BCUT2D eigenvalue weighted by Gasteiger charge is -2.41. The van der Waals surface area contributed by atoms with Gasteiger partial charge in [-0.3, -0.25) is 9.59 Å². The van der Waals surface area contributed by atoms with Gasteiger partial charge in [0.25, 0.3) is 0 Å². The number of hydrogen-bond donors (Lipinski definition) is 0. The van der Waals surface area contributed by atoms with Gasteiger partial charge >= 0.3 is 0 Å². The van der Waals surface area contributed by atoms with E-state index >= 15 is 0 Å². The quantitative estimate of drug-likeness (QED) is 0.648. The summed E-state index contributed by atoms with van der Waals surface area (Å²) >= 11 is 0. The van der Waals surface area contributed by atoms with Gasteiger partial charge in [-0.05, 0) is 36.7 Å². The van der Waals surface area contributed by atoms with E-state index in [0.717, 1.165) is 24.2 Å². The maximum Gasteiger partial charge on any atom is 0.228 e. The first-order valence-electron chi connectivity index (χ1n) is 11.5. The topological polar surface area (TPSA) is 62.3 Å². The Morgan fingerprint density at radius 3 is 2.48 bits per heavy atom. The second kappa shape index (κ2) is 10.3. The van der Waals surface area contributed by atoms with Crippen LogP contribution in [0.2, 0.25) is 0 Å². The Morgan fingerprint density at radius 1 is 1.00 bits per heavy atom. The van der Waals surface area contributed by atoms with E-state index in [2.05, 4.69) is 24.1 Å². The predicted molar refractivity (Wildman–Crippen MR) is 126 cm³/mol. The molecule has 2 aromatic carbocycles. The van der Waals surface area contributed by atoms with Crippen LogP contribution in [0.3, 0.4) is 0 Å². The zero-order valence-corrected chi connectivity index (χ0v) is 19.7. The highest BCUT2D eigenvalue weighted by Gasteiger charge is 2.39. The lowest BCUT2D eigenvalue weighted by atomic mass is 9.99. The minimum absolute atomic E-state index is 0.0216. The maximum atomic E-state index is 13.5. The van der Waals surface area contributed by atoms with Crippen LogP contribution in [-0.2, 0) is 16.0 Å². The fourth-order valence-corrected chi connectivity index (χ4v) is 4.83. The largest absolute Gasteiger partial charge is 0.493 e. The van der Waals surface area contributed by atoms with E-state index in [-0.39, 0.29) is 23.8 Å². The van der Waals surface area contributed by atoms with Crippen molar-refractivity contribution in [2.45, 2.75) is 18.9 Å². The van der Waals surface area contributed by atoms with Gasteiger partial charge in [-0.15, -0.1) is 0 Å². The van der Waals surface area contributed by atoms with Crippen LogP contribution >= 0.6 is 0 Å². The summed E-state index contributed by atoms with van der Waals surface area (Å²) in [4.78, 5) is 32.3. The summed E-state index contributed by atoms with van der Waals surface area (Å²) < 4.78 is 10.7. The van der Waals surface area contributed by atoms with Gasteiger partial charge in [0.1, 0.15) is 0 Å². The molecule has 2 fully saturated rings. The highest BCUT2D eigenvalue weighted by molar-refractivity contribution is 5.89. The Morgan fingerprint density at radius 2 is 1.76 bits per heavy atom. The van der Waals surface area contributed by atoms with E-state index in [1.807, 2.05) is 46.2 Å². The van der Waals surface area contributed by atoms with Crippen molar-refractivity contribution < 1.29 is 19.1 Å². The number of likely N-dealkylation sites (N-methyl/N-ethyl adjacent to an activating group) is 1. The van der Waals surface area contributed by atoms with E-state index < -0.39 is 0 Å². The number of benzene rings is 2. The molecule has 2 unspecified atom stereocenters. The molecule has 176 valence electrons. The summed E-state index contributed by atoms with van der Waals surface area (Å²) in [7, 11) is 5.32. The molecule has 2 saturated heterocycles. The van der Waals surface area contributed by atoms with E-state index in [1.165, 1.54) is 0 Å². The summed E-state index contributed by atoms with van der Waals surface area (Å²) in [6.07, 6.45) is 0.993. The number of piperazine rings is 1. The molecule has 33 heavy (non-hydrogen) atoms. The number of hydrogen-bond acceptors (Lipinski definition) is 5. The molecule has 0 radical (unpaired) electrons. The molecule has 4 rings (SSSR count). The summed E-state index contributed by atoms with van der Waals surface area (Å²) in [5.41, 5.74) is 2.21. The Bertz CT molecular complexity index is 981. The SMILES string of the molecule is COc1ccc(CCN2CC(C(=O)N3CCN(C)CC3c3ccccc3)CC2=O)cc1OC. The van der Waals surface area contributed by atoms with Crippen LogP contribution in [0.4, 0.5) is 0 Å². The van der Waals surface area contributed by atoms with Crippen molar-refractivity contribution in [1.29, 1.82) is 0 Å². The van der Waals surface area contributed by atoms with Crippen LogP contribution in [0.5, 0.6) is 11.5 Å². The van der Waals surface area contributed by atoms with Crippen LogP contribution in [0.15, 0.2) is 48.5 Å². The number of rotatable bonds is 7. The fourth-order valence-electron chi connectivity index (χ4n) is 4.83. The molecule has 2 heterocycles. The molecule has 0 aromatic heterocycles. The van der Waals surface area contributed by atoms with Crippen molar-refractivity contribution in [2.24, 2.45) is 5.92 Å². The molecule has 0 N–H and O–H groups in total. The van der Waals surface area contributed by atoms with Crippen molar-refractivity contribution in [3.8, 4) is 11.5 Å². The molecule has 2 amide bonds. The lowest BCUT2D eigenvalue weighted by Crippen LogP contribution is -2.51. The number of nitrogens with zero attached hydrogens (tertiary/aromatic N) is 3. The normalized spacial score (nSPS) is 21.4. The first-order chi connectivity index (χ1) is 16.0. The van der Waals surface area contributed by atoms with E-state index in [0.29, 0.717) is 44.0 Å². The molecule has 2 aromatic rings. The number of methoxy groups -OCH3 is 2. The number of amides is 2.